The fraction of sp³-hybridized carbons (Fsp3) is 0.462. The minimum Gasteiger partial charge on any atom is -0.478 e. The number of hydrogen-bond acceptors (Lipinski definition) is 5. The van der Waals surface area contributed by atoms with Gasteiger partial charge in [0.05, 0.1) is 4.92 Å². The molecule has 0 fully saturated rings. The summed E-state index contributed by atoms with van der Waals surface area (Å²) < 4.78 is 10.8. The molecule has 1 aromatic rings. The van der Waals surface area contributed by atoms with E-state index in [0.717, 1.165) is 0 Å². The third-order valence-electron chi connectivity index (χ3n) is 2.18. The quantitative estimate of drug-likeness (QED) is 0.474. The van der Waals surface area contributed by atoms with Crippen LogP contribution in [0.4, 0.5) is 5.69 Å². The lowest BCUT2D eigenvalue weighted by atomic mass is 10.2. The maximum atomic E-state index is 11.8. The highest BCUT2D eigenvalue weighted by atomic mass is 79.9. The van der Waals surface area contributed by atoms with Gasteiger partial charge in [-0.25, -0.2) is 4.79 Å². The number of benzene rings is 1. The predicted octanol–water partition coefficient (Wildman–Crippen LogP) is 3.47. The number of carbonyl (C=O) groups is 1. The summed E-state index contributed by atoms with van der Waals surface area (Å²) in [6, 6.07) is 4.37. The summed E-state index contributed by atoms with van der Waals surface area (Å²) in [7, 11) is 0. The summed E-state index contributed by atoms with van der Waals surface area (Å²) >= 11 is 3.10. The molecule has 7 heteroatoms. The summed E-state index contributed by atoms with van der Waals surface area (Å²) in [5.74, 6) is -0.312. The summed E-state index contributed by atoms with van der Waals surface area (Å²) in [5.41, 5.74) is -0.742. The van der Waals surface area contributed by atoms with Crippen molar-refractivity contribution in [3.05, 3.63) is 32.8 Å². The van der Waals surface area contributed by atoms with Crippen molar-refractivity contribution in [3.63, 3.8) is 0 Å². The van der Waals surface area contributed by atoms with Gasteiger partial charge in [0.1, 0.15) is 15.8 Å². The number of nitro benzene ring substituents is 1. The maximum absolute atomic E-state index is 11.8. The molecule has 6 nitrogen and oxygen atoms in total. The largest absolute Gasteiger partial charge is 0.478 e. The molecule has 0 spiro atoms. The van der Waals surface area contributed by atoms with Crippen LogP contribution in [0.25, 0.3) is 0 Å². The van der Waals surface area contributed by atoms with Gasteiger partial charge in [0, 0.05) is 6.07 Å². The number of ether oxygens (including phenoxy) is 2. The first kappa shape index (κ1) is 16.4. The molecule has 0 aromatic heterocycles. The second kappa shape index (κ2) is 6.21. The van der Waals surface area contributed by atoms with Crippen molar-refractivity contribution in [2.75, 3.05) is 0 Å². The minimum atomic E-state index is -0.868. The topological polar surface area (TPSA) is 78.7 Å². The van der Waals surface area contributed by atoms with Crippen LogP contribution in [-0.2, 0) is 9.53 Å². The number of halogens is 1. The molecule has 0 aliphatic carbocycles. The van der Waals surface area contributed by atoms with Gasteiger partial charge in [-0.05, 0) is 49.7 Å². The Hall–Kier alpha value is -1.63. The van der Waals surface area contributed by atoms with Gasteiger partial charge in [0.25, 0.3) is 5.69 Å². The Morgan fingerprint density at radius 2 is 2.00 bits per heavy atom. The highest BCUT2D eigenvalue weighted by molar-refractivity contribution is 9.10. The lowest BCUT2D eigenvalue weighted by Crippen LogP contribution is -2.33. The van der Waals surface area contributed by atoms with Crippen LogP contribution in [0.2, 0.25) is 0 Å². The average Bonchev–Trinajstić information content (AvgIpc) is 2.29. The smallest absolute Gasteiger partial charge is 0.347 e. The fourth-order valence-corrected chi connectivity index (χ4v) is 1.86. The van der Waals surface area contributed by atoms with Gasteiger partial charge in [-0.2, -0.15) is 0 Å². The Labute approximate surface area is 125 Å². The monoisotopic (exact) mass is 345 g/mol. The zero-order valence-corrected chi connectivity index (χ0v) is 13.3. The molecule has 1 unspecified atom stereocenters. The fourth-order valence-electron chi connectivity index (χ4n) is 1.35. The van der Waals surface area contributed by atoms with Crippen LogP contribution >= 0.6 is 15.9 Å². The Kier molecular flexibility index (Phi) is 5.10. The highest BCUT2D eigenvalue weighted by Gasteiger charge is 2.25. The lowest BCUT2D eigenvalue weighted by molar-refractivity contribution is -0.385. The van der Waals surface area contributed by atoms with Crippen molar-refractivity contribution in [1.29, 1.82) is 0 Å². The standard InChI is InChI=1S/C13H16BrNO5/c1-8(12(16)20-13(2,3)4)19-10-7-5-6-9(11(10)14)15(17)18/h5-8H,1-4H3. The number of hydrogen-bond donors (Lipinski definition) is 0. The number of esters is 1. The molecule has 0 aliphatic heterocycles. The van der Waals surface area contributed by atoms with E-state index >= 15 is 0 Å². The zero-order valence-electron chi connectivity index (χ0n) is 11.7. The number of nitrogens with zero attached hydrogens (tertiary/aromatic N) is 1. The molecule has 0 bridgehead atoms. The van der Waals surface area contributed by atoms with Gasteiger partial charge < -0.3 is 9.47 Å². The molecule has 0 saturated heterocycles. The van der Waals surface area contributed by atoms with Crippen LogP contribution in [0.3, 0.4) is 0 Å². The van der Waals surface area contributed by atoms with Crippen molar-refractivity contribution in [2.45, 2.75) is 39.4 Å². The summed E-state index contributed by atoms with van der Waals surface area (Å²) in [6.45, 7) is 6.78. The molecule has 0 heterocycles. The first-order valence-electron chi connectivity index (χ1n) is 5.94. The highest BCUT2D eigenvalue weighted by Crippen LogP contribution is 2.34. The van der Waals surface area contributed by atoms with Gasteiger partial charge in [-0.15, -0.1) is 0 Å². The Bertz CT molecular complexity index is 524. The molecular formula is C13H16BrNO5. The Balaban J connectivity index is 2.86. The summed E-state index contributed by atoms with van der Waals surface area (Å²) in [4.78, 5) is 22.1. The molecule has 0 radical (unpaired) electrons. The van der Waals surface area contributed by atoms with Crippen molar-refractivity contribution >= 4 is 27.6 Å². The molecule has 110 valence electrons. The van der Waals surface area contributed by atoms with Crippen LogP contribution in [0.1, 0.15) is 27.7 Å². The summed E-state index contributed by atoms with van der Waals surface area (Å²) in [6.07, 6.45) is -0.868. The van der Waals surface area contributed by atoms with E-state index in [4.69, 9.17) is 9.47 Å². The van der Waals surface area contributed by atoms with Crippen molar-refractivity contribution in [2.24, 2.45) is 0 Å². The van der Waals surface area contributed by atoms with Gasteiger partial charge in [0.2, 0.25) is 0 Å². The average molecular weight is 346 g/mol. The van der Waals surface area contributed by atoms with Crippen LogP contribution in [-0.4, -0.2) is 22.6 Å². The summed E-state index contributed by atoms with van der Waals surface area (Å²) in [5, 5.41) is 10.8. The van der Waals surface area contributed by atoms with E-state index in [-0.39, 0.29) is 15.9 Å². The van der Waals surface area contributed by atoms with E-state index in [1.54, 1.807) is 20.8 Å². The maximum Gasteiger partial charge on any atom is 0.347 e. The van der Waals surface area contributed by atoms with E-state index in [1.165, 1.54) is 25.1 Å². The van der Waals surface area contributed by atoms with E-state index < -0.39 is 22.6 Å². The van der Waals surface area contributed by atoms with Crippen molar-refractivity contribution in [1.82, 2.24) is 0 Å². The Morgan fingerprint density at radius 1 is 1.40 bits per heavy atom. The lowest BCUT2D eigenvalue weighted by Gasteiger charge is -2.22. The minimum absolute atomic E-state index is 0.126. The Morgan fingerprint density at radius 3 is 2.50 bits per heavy atom. The van der Waals surface area contributed by atoms with Crippen LogP contribution < -0.4 is 4.74 Å². The van der Waals surface area contributed by atoms with E-state index in [9.17, 15) is 14.9 Å². The normalized spacial score (nSPS) is 12.7. The molecular weight excluding hydrogens is 330 g/mol. The van der Waals surface area contributed by atoms with Crippen molar-refractivity contribution < 1.29 is 19.2 Å². The van der Waals surface area contributed by atoms with E-state index in [2.05, 4.69) is 15.9 Å². The molecule has 0 saturated carbocycles. The van der Waals surface area contributed by atoms with E-state index in [1.807, 2.05) is 0 Å². The predicted molar refractivity (Wildman–Crippen MR) is 76.7 cm³/mol. The molecule has 1 aromatic carbocycles. The number of rotatable bonds is 4. The van der Waals surface area contributed by atoms with E-state index in [0.29, 0.717) is 0 Å². The number of carbonyl (C=O) groups excluding carboxylic acids is 1. The SMILES string of the molecule is CC(Oc1cccc([N+](=O)[O-])c1Br)C(=O)OC(C)(C)C. The molecule has 0 amide bonds. The molecule has 20 heavy (non-hydrogen) atoms. The van der Waals surface area contributed by atoms with Gasteiger partial charge >= 0.3 is 5.97 Å². The third-order valence-corrected chi connectivity index (χ3v) is 2.98. The first-order chi connectivity index (χ1) is 9.11. The molecule has 1 atom stereocenters. The number of nitro groups is 1. The second-order valence-corrected chi connectivity index (χ2v) is 5.93. The van der Waals surface area contributed by atoms with Gasteiger partial charge in [-0.3, -0.25) is 10.1 Å². The molecule has 0 aliphatic rings. The third kappa shape index (κ3) is 4.48. The van der Waals surface area contributed by atoms with Crippen LogP contribution in [0, 0.1) is 10.1 Å². The second-order valence-electron chi connectivity index (χ2n) is 5.14. The van der Waals surface area contributed by atoms with Crippen molar-refractivity contribution in [3.8, 4) is 5.75 Å². The van der Waals surface area contributed by atoms with Crippen LogP contribution in [0.15, 0.2) is 22.7 Å². The zero-order chi connectivity index (χ0) is 15.5. The van der Waals surface area contributed by atoms with Crippen LogP contribution in [0.5, 0.6) is 5.75 Å². The molecule has 0 N–H and O–H groups in total. The molecule has 1 rings (SSSR count). The van der Waals surface area contributed by atoms with Gasteiger partial charge in [0.15, 0.2) is 6.10 Å². The van der Waals surface area contributed by atoms with Gasteiger partial charge in [-0.1, -0.05) is 6.07 Å². The first-order valence-corrected chi connectivity index (χ1v) is 6.73.